The van der Waals surface area contributed by atoms with Crippen LogP contribution in [0.1, 0.15) is 114 Å². The normalized spacial score (nSPS) is 23.7. The molecule has 2 heterocycles. The molecule has 0 bridgehead atoms. The largest absolute Gasteiger partial charge is 0.336 e. The number of carbonyl (C=O) groups is 6. The highest BCUT2D eigenvalue weighted by Gasteiger charge is 2.70. The lowest BCUT2D eigenvalue weighted by molar-refractivity contribution is -0.153. The van der Waals surface area contributed by atoms with Gasteiger partial charge in [0.15, 0.2) is 0 Å². The Hall–Kier alpha value is -4.16. The minimum absolute atomic E-state index is 0.0115. The second kappa shape index (κ2) is 15.3. The molecule has 6 atom stereocenters. The van der Waals surface area contributed by atoms with Crippen LogP contribution in [0.4, 0.5) is 9.59 Å². The molecule has 0 spiro atoms. The highest BCUT2D eigenvalue weighted by molar-refractivity contribution is 5.98. The standard InChI is InChI=1S/C40H63N7O6/c1-13-19-47(36(53)41-24(2)25-17-15-14-16-18-25)44-33(50)31-30-26(40(30,11)12)22-46(31)34(51)32(38(6,7)8)43-35(52)42-27(37(3,4)5)23-45-28(48)20-39(9,10)21-29(45)49/h14-18,24,26-27,30-32H,13,19-23H2,1-12H3,(H,41,53)(H,44,50)(H2,42,43,52)/t24-,26+,27-,30+,31+,32-/m1/s1. The van der Waals surface area contributed by atoms with E-state index in [1.807, 2.05) is 99.6 Å². The molecule has 0 unspecified atom stereocenters. The van der Waals surface area contributed by atoms with Crippen LogP contribution in [0.25, 0.3) is 0 Å². The van der Waals surface area contributed by atoms with Gasteiger partial charge >= 0.3 is 12.1 Å². The molecule has 53 heavy (non-hydrogen) atoms. The summed E-state index contributed by atoms with van der Waals surface area (Å²) in [5.74, 6) is -1.42. The molecule has 13 heteroatoms. The average molecular weight is 738 g/mol. The van der Waals surface area contributed by atoms with E-state index in [0.717, 1.165) is 5.56 Å². The second-order valence-corrected chi connectivity index (χ2v) is 18.8. The number of rotatable bonds is 10. The first kappa shape index (κ1) is 41.6. The molecule has 0 aromatic heterocycles. The molecular formula is C40H63N7O6. The van der Waals surface area contributed by atoms with Gasteiger partial charge in [0.25, 0.3) is 5.91 Å². The summed E-state index contributed by atoms with van der Waals surface area (Å²) in [6.07, 6.45) is 1.07. The first-order valence-corrected chi connectivity index (χ1v) is 19.0. The molecule has 8 amide bonds. The Morgan fingerprint density at radius 2 is 1.47 bits per heavy atom. The number of hydrogen-bond donors (Lipinski definition) is 4. The van der Waals surface area contributed by atoms with Gasteiger partial charge in [-0.05, 0) is 52.4 Å². The maximum absolute atomic E-state index is 14.5. The predicted molar refractivity (Wildman–Crippen MR) is 203 cm³/mol. The fraction of sp³-hybridized carbons (Fsp3) is 0.700. The molecule has 13 nitrogen and oxygen atoms in total. The van der Waals surface area contributed by atoms with E-state index in [0.29, 0.717) is 13.0 Å². The third kappa shape index (κ3) is 9.51. The lowest BCUT2D eigenvalue weighted by Crippen LogP contribution is -2.63. The van der Waals surface area contributed by atoms with Crippen LogP contribution in [-0.4, -0.2) is 88.3 Å². The molecule has 1 aliphatic carbocycles. The Morgan fingerprint density at radius 3 is 2.00 bits per heavy atom. The summed E-state index contributed by atoms with van der Waals surface area (Å²) in [5, 5.41) is 10.1. The zero-order chi connectivity index (χ0) is 39.8. The predicted octanol–water partition coefficient (Wildman–Crippen LogP) is 4.99. The van der Waals surface area contributed by atoms with E-state index in [1.54, 1.807) is 4.90 Å². The Labute approximate surface area is 315 Å². The Balaban J connectivity index is 1.51. The summed E-state index contributed by atoms with van der Waals surface area (Å²) in [5.41, 5.74) is 1.88. The smallest absolute Gasteiger partial charge is 0.333 e. The number of amides is 8. The monoisotopic (exact) mass is 737 g/mol. The molecule has 1 saturated carbocycles. The summed E-state index contributed by atoms with van der Waals surface area (Å²) in [4.78, 5) is 84.7. The highest BCUT2D eigenvalue weighted by atomic mass is 16.2. The summed E-state index contributed by atoms with van der Waals surface area (Å²) >= 11 is 0. The number of imide groups is 1. The number of nitrogens with one attached hydrogen (secondary N) is 4. The topological polar surface area (TPSA) is 160 Å². The van der Waals surface area contributed by atoms with Crippen molar-refractivity contribution in [3.8, 4) is 0 Å². The minimum Gasteiger partial charge on any atom is -0.333 e. The third-order valence-electron chi connectivity index (χ3n) is 11.3. The second-order valence-electron chi connectivity index (χ2n) is 18.8. The number of urea groups is 2. The third-order valence-corrected chi connectivity index (χ3v) is 11.3. The van der Waals surface area contributed by atoms with Crippen molar-refractivity contribution < 1.29 is 28.8 Å². The van der Waals surface area contributed by atoms with Gasteiger partial charge in [-0.3, -0.25) is 29.5 Å². The van der Waals surface area contributed by atoms with Crippen molar-refractivity contribution in [3.05, 3.63) is 35.9 Å². The lowest BCUT2D eigenvalue weighted by atomic mass is 9.80. The number of hydrazine groups is 1. The summed E-state index contributed by atoms with van der Waals surface area (Å²) in [7, 11) is 0. The molecule has 1 aromatic carbocycles. The molecule has 3 fully saturated rings. The quantitative estimate of drug-likeness (QED) is 0.196. The first-order valence-electron chi connectivity index (χ1n) is 19.0. The lowest BCUT2D eigenvalue weighted by Gasteiger charge is -2.41. The van der Waals surface area contributed by atoms with Gasteiger partial charge in [0.1, 0.15) is 12.1 Å². The number of carbonyl (C=O) groups excluding carboxylic acids is 6. The van der Waals surface area contributed by atoms with Crippen LogP contribution in [0.5, 0.6) is 0 Å². The number of hydrogen-bond acceptors (Lipinski definition) is 6. The van der Waals surface area contributed by atoms with Gasteiger partial charge < -0.3 is 20.9 Å². The SMILES string of the molecule is CCCN(NC(=O)[C@@H]1[C@@H]2[C@H](CN1C(=O)[C@@H](NC(=O)N[C@H](CN1C(=O)CC(C)(C)CC1=O)C(C)(C)C)C(C)(C)C)C2(C)C)C(=O)N[C@H](C)c1ccccc1. The molecule has 0 radical (unpaired) electrons. The average Bonchev–Trinajstić information content (AvgIpc) is 3.34. The number of benzene rings is 1. The van der Waals surface area contributed by atoms with Crippen LogP contribution in [-0.2, 0) is 19.2 Å². The van der Waals surface area contributed by atoms with Crippen molar-refractivity contribution in [2.45, 2.75) is 127 Å². The van der Waals surface area contributed by atoms with E-state index < -0.39 is 58.2 Å². The van der Waals surface area contributed by atoms with E-state index in [9.17, 15) is 28.8 Å². The molecular weight excluding hydrogens is 674 g/mol. The van der Waals surface area contributed by atoms with Gasteiger partial charge in [0.2, 0.25) is 17.7 Å². The van der Waals surface area contributed by atoms with Gasteiger partial charge in [-0.2, -0.15) is 0 Å². The van der Waals surface area contributed by atoms with Crippen molar-refractivity contribution in [2.24, 2.45) is 33.5 Å². The molecule has 4 N–H and O–H groups in total. The van der Waals surface area contributed by atoms with Crippen LogP contribution < -0.4 is 21.4 Å². The summed E-state index contributed by atoms with van der Waals surface area (Å²) in [6.45, 7) is 23.7. The Kier molecular flexibility index (Phi) is 12.0. The van der Waals surface area contributed by atoms with E-state index in [-0.39, 0.29) is 61.0 Å². The first-order chi connectivity index (χ1) is 24.4. The van der Waals surface area contributed by atoms with Gasteiger partial charge in [-0.15, -0.1) is 0 Å². The van der Waals surface area contributed by atoms with Crippen molar-refractivity contribution in [1.82, 2.24) is 36.2 Å². The van der Waals surface area contributed by atoms with Crippen LogP contribution in [0.3, 0.4) is 0 Å². The van der Waals surface area contributed by atoms with Crippen molar-refractivity contribution in [1.29, 1.82) is 0 Å². The van der Waals surface area contributed by atoms with Gasteiger partial charge in [0.05, 0.1) is 12.1 Å². The molecule has 3 aliphatic rings. The number of piperidine rings is 2. The van der Waals surface area contributed by atoms with Gasteiger partial charge in [-0.25, -0.2) is 14.6 Å². The summed E-state index contributed by atoms with van der Waals surface area (Å²) < 4.78 is 0. The Bertz CT molecular complexity index is 1540. The fourth-order valence-electron chi connectivity index (χ4n) is 7.81. The number of likely N-dealkylation sites (tertiary alicyclic amines) is 2. The Morgan fingerprint density at radius 1 is 0.887 bits per heavy atom. The van der Waals surface area contributed by atoms with Crippen molar-refractivity contribution in [2.75, 3.05) is 19.6 Å². The highest BCUT2D eigenvalue weighted by Crippen LogP contribution is 2.65. The van der Waals surface area contributed by atoms with E-state index in [2.05, 4.69) is 35.2 Å². The molecule has 2 aliphatic heterocycles. The summed E-state index contributed by atoms with van der Waals surface area (Å²) in [6, 6.07) is 5.72. The van der Waals surface area contributed by atoms with E-state index >= 15 is 0 Å². The zero-order valence-corrected chi connectivity index (χ0v) is 33.9. The molecule has 294 valence electrons. The van der Waals surface area contributed by atoms with Crippen molar-refractivity contribution in [3.63, 3.8) is 0 Å². The zero-order valence-electron chi connectivity index (χ0n) is 33.9. The maximum Gasteiger partial charge on any atom is 0.336 e. The molecule has 4 rings (SSSR count). The maximum atomic E-state index is 14.5. The van der Waals surface area contributed by atoms with Gasteiger partial charge in [0, 0.05) is 32.5 Å². The van der Waals surface area contributed by atoms with Crippen LogP contribution in [0.15, 0.2) is 30.3 Å². The number of fused-ring (bicyclic) bond motifs is 1. The molecule has 2 saturated heterocycles. The van der Waals surface area contributed by atoms with Gasteiger partial charge in [-0.1, -0.05) is 106 Å². The minimum atomic E-state index is -1.01. The number of nitrogens with zero attached hydrogens (tertiary/aromatic N) is 3. The fourth-order valence-corrected chi connectivity index (χ4v) is 7.81. The van der Waals surface area contributed by atoms with Crippen molar-refractivity contribution >= 4 is 35.7 Å². The van der Waals surface area contributed by atoms with E-state index in [1.165, 1.54) is 9.91 Å². The van der Waals surface area contributed by atoms with E-state index in [4.69, 9.17) is 0 Å². The molecule has 1 aromatic rings. The van der Waals surface area contributed by atoms with Crippen LogP contribution in [0.2, 0.25) is 0 Å². The van der Waals surface area contributed by atoms with Crippen LogP contribution >= 0.6 is 0 Å². The van der Waals surface area contributed by atoms with Crippen LogP contribution in [0, 0.1) is 33.5 Å².